The number of hydrogen-bond donors (Lipinski definition) is 1. The molecule has 2 aromatic rings. The zero-order valence-electron chi connectivity index (χ0n) is 17.2. The number of nitrogens with one attached hydrogen (secondary N) is 1. The molecule has 1 unspecified atom stereocenters. The summed E-state index contributed by atoms with van der Waals surface area (Å²) in [5.74, 6) is 0.221. The highest BCUT2D eigenvalue weighted by Gasteiger charge is 2.27. The topological polar surface area (TPSA) is 46.9 Å². The average Bonchev–Trinajstić information content (AvgIpc) is 2.56. The van der Waals surface area contributed by atoms with E-state index in [0.29, 0.717) is 10.9 Å². The maximum atomic E-state index is 13.2. The third-order valence-corrected chi connectivity index (χ3v) is 4.41. The molecule has 1 aromatic heterocycles. The monoisotopic (exact) mass is 397 g/mol. The Morgan fingerprint density at radius 3 is 2.36 bits per heavy atom. The van der Waals surface area contributed by atoms with Crippen LogP contribution >= 0.6 is 0 Å². The lowest BCUT2D eigenvalue weighted by atomic mass is 9.82. The van der Waals surface area contributed by atoms with Crippen molar-refractivity contribution in [3.8, 4) is 0 Å². The number of halogens is 3. The summed E-state index contributed by atoms with van der Waals surface area (Å²) in [6, 6.07) is 7.03. The van der Waals surface area contributed by atoms with E-state index >= 15 is 0 Å². The fourth-order valence-electron chi connectivity index (χ4n) is 3.74. The lowest BCUT2D eigenvalue weighted by Gasteiger charge is -2.33. The molecule has 0 bridgehead atoms. The molecule has 2 rings (SSSR count). The van der Waals surface area contributed by atoms with Gasteiger partial charge in [0.05, 0.1) is 10.9 Å². The normalized spacial score (nSPS) is 13.9. The zero-order chi connectivity index (χ0) is 21.1. The first-order chi connectivity index (χ1) is 12.9. The van der Waals surface area contributed by atoms with Crippen molar-refractivity contribution >= 4 is 16.7 Å². The molecule has 0 saturated carbocycles. The molecule has 0 aliphatic heterocycles. The zero-order valence-corrected chi connectivity index (χ0v) is 17.2. The molecule has 0 spiro atoms. The first-order valence-corrected chi connectivity index (χ1v) is 9.60. The van der Waals surface area contributed by atoms with Crippen LogP contribution in [0.3, 0.4) is 0 Å². The number of aryl methyl sites for hydroxylation is 1. The van der Waals surface area contributed by atoms with E-state index in [0.717, 1.165) is 6.42 Å². The van der Waals surface area contributed by atoms with Gasteiger partial charge in [0, 0.05) is 12.1 Å². The van der Waals surface area contributed by atoms with Gasteiger partial charge in [-0.15, -0.1) is 0 Å². The van der Waals surface area contributed by atoms with Crippen molar-refractivity contribution in [2.75, 3.05) is 5.32 Å². The smallest absolute Gasteiger partial charge is 0.269 e. The van der Waals surface area contributed by atoms with Gasteiger partial charge in [-0.25, -0.2) is 13.2 Å². The summed E-state index contributed by atoms with van der Waals surface area (Å²) in [5.41, 5.74) is 0.0891. The van der Waals surface area contributed by atoms with Crippen molar-refractivity contribution in [3.05, 3.63) is 34.5 Å². The number of anilines is 1. The number of nitrogens with zero attached hydrogens (tertiary/aromatic N) is 2. The predicted octanol–water partition coefficient (Wildman–Crippen LogP) is 5.41. The summed E-state index contributed by atoms with van der Waals surface area (Å²) in [5, 5.41) is 8.19. The van der Waals surface area contributed by atoms with Crippen LogP contribution in [0.5, 0.6) is 0 Å². The number of fused-ring (bicyclic) bond motifs is 1. The maximum Gasteiger partial charge on any atom is 0.269 e. The highest BCUT2D eigenvalue weighted by Crippen LogP contribution is 2.29. The SMILES string of the molecule is CC(C)(C)CC(C)(C)Nc1nn(CCCC(F)C(F)F)c2ccccc2c1=O. The third-order valence-electron chi connectivity index (χ3n) is 4.41. The molecule has 1 aromatic carbocycles. The molecule has 0 amide bonds. The quantitative estimate of drug-likeness (QED) is 0.648. The molecule has 0 radical (unpaired) electrons. The van der Waals surface area contributed by atoms with Crippen molar-refractivity contribution < 1.29 is 13.2 Å². The minimum Gasteiger partial charge on any atom is -0.360 e. The predicted molar refractivity (Wildman–Crippen MR) is 108 cm³/mol. The summed E-state index contributed by atoms with van der Waals surface area (Å²) < 4.78 is 39.6. The second kappa shape index (κ2) is 8.53. The summed E-state index contributed by atoms with van der Waals surface area (Å²) >= 11 is 0. The lowest BCUT2D eigenvalue weighted by Crippen LogP contribution is -2.38. The van der Waals surface area contributed by atoms with Crippen LogP contribution in [0.25, 0.3) is 10.9 Å². The fraction of sp³-hybridized carbons (Fsp3) is 0.619. The van der Waals surface area contributed by atoms with Crippen molar-refractivity contribution in [1.82, 2.24) is 9.78 Å². The highest BCUT2D eigenvalue weighted by molar-refractivity contribution is 5.80. The van der Waals surface area contributed by atoms with Crippen molar-refractivity contribution in [3.63, 3.8) is 0 Å². The van der Waals surface area contributed by atoms with E-state index < -0.39 is 12.6 Å². The third kappa shape index (κ3) is 5.97. The van der Waals surface area contributed by atoms with Crippen LogP contribution < -0.4 is 10.7 Å². The van der Waals surface area contributed by atoms with E-state index in [2.05, 4.69) is 31.2 Å². The van der Waals surface area contributed by atoms with Gasteiger partial charge in [-0.05, 0) is 50.7 Å². The molecule has 1 atom stereocenters. The standard InChI is InChI=1S/C21H30F3N3O/c1-20(2,3)13-21(4,5)25-19-17(28)14-9-6-7-11-16(14)27(26-19)12-8-10-15(22)18(23)24/h6-7,9,11,15,18H,8,10,12-13H2,1-5H3,(H,25,26). The lowest BCUT2D eigenvalue weighted by molar-refractivity contribution is 0.0437. The molecule has 0 fully saturated rings. The Morgan fingerprint density at radius 1 is 1.11 bits per heavy atom. The summed E-state index contributed by atoms with van der Waals surface area (Å²) in [4.78, 5) is 12.9. The molecule has 4 nitrogen and oxygen atoms in total. The molecule has 7 heteroatoms. The van der Waals surface area contributed by atoms with E-state index in [1.165, 1.54) is 0 Å². The fourth-order valence-corrected chi connectivity index (χ4v) is 3.74. The average molecular weight is 397 g/mol. The Balaban J connectivity index is 2.34. The van der Waals surface area contributed by atoms with Crippen LogP contribution in [-0.2, 0) is 6.54 Å². The number of alkyl halides is 3. The maximum absolute atomic E-state index is 13.2. The van der Waals surface area contributed by atoms with Crippen LogP contribution in [-0.4, -0.2) is 27.9 Å². The number of benzene rings is 1. The van der Waals surface area contributed by atoms with Gasteiger partial charge >= 0.3 is 0 Å². The molecular weight excluding hydrogens is 367 g/mol. The molecule has 156 valence electrons. The molecule has 1 N–H and O–H groups in total. The summed E-state index contributed by atoms with van der Waals surface area (Å²) in [6.07, 6.45) is -4.36. The molecule has 28 heavy (non-hydrogen) atoms. The van der Waals surface area contributed by atoms with Crippen molar-refractivity contribution in [1.29, 1.82) is 0 Å². The Bertz CT molecular complexity index is 856. The van der Waals surface area contributed by atoms with E-state index in [9.17, 15) is 18.0 Å². The van der Waals surface area contributed by atoms with E-state index in [1.807, 2.05) is 13.8 Å². The van der Waals surface area contributed by atoms with Gasteiger partial charge in [0.1, 0.15) is 0 Å². The van der Waals surface area contributed by atoms with Crippen molar-refractivity contribution in [2.45, 2.75) is 78.6 Å². The van der Waals surface area contributed by atoms with Crippen LogP contribution in [0.2, 0.25) is 0 Å². The second-order valence-corrected chi connectivity index (χ2v) is 9.16. The highest BCUT2D eigenvalue weighted by atomic mass is 19.3. The van der Waals surface area contributed by atoms with E-state index in [1.54, 1.807) is 28.9 Å². The van der Waals surface area contributed by atoms with Gasteiger partial charge in [0.2, 0.25) is 5.43 Å². The van der Waals surface area contributed by atoms with Gasteiger partial charge in [0.15, 0.2) is 12.0 Å². The molecule has 0 aliphatic carbocycles. The van der Waals surface area contributed by atoms with Gasteiger partial charge in [-0.1, -0.05) is 32.9 Å². The minimum atomic E-state index is -2.98. The Morgan fingerprint density at radius 2 is 1.75 bits per heavy atom. The van der Waals surface area contributed by atoms with E-state index in [4.69, 9.17) is 0 Å². The van der Waals surface area contributed by atoms with Crippen LogP contribution in [0.1, 0.15) is 53.9 Å². The van der Waals surface area contributed by atoms with E-state index in [-0.39, 0.29) is 41.6 Å². The summed E-state index contributed by atoms with van der Waals surface area (Å²) in [6.45, 7) is 10.6. The van der Waals surface area contributed by atoms with Gasteiger partial charge in [0.25, 0.3) is 6.43 Å². The number of rotatable bonds is 8. The number of para-hydroxylation sites is 1. The summed E-state index contributed by atoms with van der Waals surface area (Å²) in [7, 11) is 0. The largest absolute Gasteiger partial charge is 0.360 e. The van der Waals surface area contributed by atoms with Gasteiger partial charge < -0.3 is 5.32 Å². The first-order valence-electron chi connectivity index (χ1n) is 9.60. The van der Waals surface area contributed by atoms with Crippen molar-refractivity contribution in [2.24, 2.45) is 5.41 Å². The Labute approximate surface area is 164 Å². The molecule has 0 aliphatic rings. The number of aromatic nitrogens is 2. The molecule has 0 saturated heterocycles. The van der Waals surface area contributed by atoms with Crippen LogP contribution in [0.15, 0.2) is 29.1 Å². The van der Waals surface area contributed by atoms with Gasteiger partial charge in [-0.2, -0.15) is 5.10 Å². The van der Waals surface area contributed by atoms with Crippen LogP contribution in [0.4, 0.5) is 19.0 Å². The molecular formula is C21H30F3N3O. The van der Waals surface area contributed by atoms with Crippen LogP contribution in [0, 0.1) is 5.41 Å². The number of hydrogen-bond acceptors (Lipinski definition) is 3. The minimum absolute atomic E-state index is 0.0534. The first kappa shape index (κ1) is 22.2. The Hall–Kier alpha value is -2.05. The second-order valence-electron chi connectivity index (χ2n) is 9.16. The molecule has 1 heterocycles. The van der Waals surface area contributed by atoms with Gasteiger partial charge in [-0.3, -0.25) is 9.48 Å². The Kier molecular flexibility index (Phi) is 6.78.